The van der Waals surface area contributed by atoms with Crippen LogP contribution >= 0.6 is 0 Å². The second-order valence-corrected chi connectivity index (χ2v) is 7.06. The number of halogens is 1. The topological polar surface area (TPSA) is 37.4 Å². The predicted molar refractivity (Wildman–Crippen MR) is 81.1 cm³/mol. The van der Waals surface area contributed by atoms with Crippen LogP contribution in [0.1, 0.15) is 17.5 Å². The van der Waals surface area contributed by atoms with Gasteiger partial charge in [-0.25, -0.2) is 12.8 Å². The van der Waals surface area contributed by atoms with Gasteiger partial charge in [0.15, 0.2) is 0 Å². The first-order valence-corrected chi connectivity index (χ1v) is 8.50. The molecule has 1 aliphatic rings. The Balaban J connectivity index is 1.98. The van der Waals surface area contributed by atoms with Crippen LogP contribution in [0.3, 0.4) is 0 Å². The number of aryl methyl sites for hydroxylation is 1. The van der Waals surface area contributed by atoms with Gasteiger partial charge in [0.05, 0.1) is 11.4 Å². The second kappa shape index (κ2) is 5.48. The summed E-state index contributed by atoms with van der Waals surface area (Å²) in [5.74, 6) is -0.578. The molecule has 0 atom stereocenters. The Kier molecular flexibility index (Phi) is 3.68. The maximum Gasteiger partial charge on any atom is 0.239 e. The lowest BCUT2D eigenvalue weighted by molar-refractivity contribution is 0.576. The second-order valence-electron chi connectivity index (χ2n) is 5.17. The SMILES string of the molecule is O=S(=O)(Cc1ccccc1)N1CCCc2cccc(F)c21. The van der Waals surface area contributed by atoms with Crippen LogP contribution in [0.4, 0.5) is 10.1 Å². The summed E-state index contributed by atoms with van der Waals surface area (Å²) in [5.41, 5.74) is 1.69. The molecule has 5 heteroatoms. The molecule has 0 saturated heterocycles. The molecule has 0 spiro atoms. The van der Waals surface area contributed by atoms with Crippen LogP contribution in [0, 0.1) is 5.82 Å². The molecule has 21 heavy (non-hydrogen) atoms. The van der Waals surface area contributed by atoms with Crippen molar-refractivity contribution in [1.82, 2.24) is 0 Å². The molecule has 2 aromatic rings. The number of nitrogens with zero attached hydrogens (tertiary/aromatic N) is 1. The fourth-order valence-electron chi connectivity index (χ4n) is 2.71. The van der Waals surface area contributed by atoms with Gasteiger partial charge < -0.3 is 0 Å². The van der Waals surface area contributed by atoms with Gasteiger partial charge in [0, 0.05) is 6.54 Å². The van der Waals surface area contributed by atoms with Crippen LogP contribution in [0.2, 0.25) is 0 Å². The molecule has 0 N–H and O–H groups in total. The average molecular weight is 305 g/mol. The highest BCUT2D eigenvalue weighted by atomic mass is 32.2. The summed E-state index contributed by atoms with van der Waals surface area (Å²) >= 11 is 0. The van der Waals surface area contributed by atoms with Crippen molar-refractivity contribution >= 4 is 15.7 Å². The van der Waals surface area contributed by atoms with Crippen molar-refractivity contribution in [2.45, 2.75) is 18.6 Å². The Hall–Kier alpha value is -1.88. The molecule has 3 nitrogen and oxygen atoms in total. The Morgan fingerprint density at radius 2 is 1.81 bits per heavy atom. The highest BCUT2D eigenvalue weighted by Gasteiger charge is 2.29. The largest absolute Gasteiger partial charge is 0.267 e. The molecule has 0 aromatic heterocycles. The van der Waals surface area contributed by atoms with E-state index in [2.05, 4.69) is 0 Å². The first-order valence-electron chi connectivity index (χ1n) is 6.90. The highest BCUT2D eigenvalue weighted by molar-refractivity contribution is 7.92. The van der Waals surface area contributed by atoms with E-state index < -0.39 is 15.8 Å². The number of benzene rings is 2. The molecule has 1 heterocycles. The van der Waals surface area contributed by atoms with Gasteiger partial charge in [0.1, 0.15) is 5.82 Å². The predicted octanol–water partition coefficient (Wildman–Crippen LogP) is 3.11. The summed E-state index contributed by atoms with van der Waals surface area (Å²) in [6.07, 6.45) is 1.43. The van der Waals surface area contributed by atoms with Crippen LogP contribution in [0.25, 0.3) is 0 Å². The fraction of sp³-hybridized carbons (Fsp3) is 0.250. The summed E-state index contributed by atoms with van der Waals surface area (Å²) < 4.78 is 40.6. The lowest BCUT2D eigenvalue weighted by Gasteiger charge is -2.30. The van der Waals surface area contributed by atoms with Gasteiger partial charge in [-0.05, 0) is 30.0 Å². The number of para-hydroxylation sites is 1. The molecule has 0 radical (unpaired) electrons. The van der Waals surface area contributed by atoms with E-state index in [0.717, 1.165) is 5.56 Å². The Labute approximate surface area is 124 Å². The van der Waals surface area contributed by atoms with Gasteiger partial charge in [-0.2, -0.15) is 0 Å². The van der Waals surface area contributed by atoms with Crippen LogP contribution in [0.5, 0.6) is 0 Å². The lowest BCUT2D eigenvalue weighted by atomic mass is 10.0. The third-order valence-electron chi connectivity index (χ3n) is 3.65. The van der Waals surface area contributed by atoms with E-state index in [9.17, 15) is 12.8 Å². The van der Waals surface area contributed by atoms with E-state index in [-0.39, 0.29) is 11.4 Å². The zero-order valence-corrected chi connectivity index (χ0v) is 12.3. The smallest absolute Gasteiger partial charge is 0.239 e. The number of hydrogen-bond donors (Lipinski definition) is 0. The van der Waals surface area contributed by atoms with Gasteiger partial charge >= 0.3 is 0 Å². The summed E-state index contributed by atoms with van der Waals surface area (Å²) in [4.78, 5) is 0. The molecule has 3 rings (SSSR count). The van der Waals surface area contributed by atoms with E-state index in [1.165, 1.54) is 10.4 Å². The molecular weight excluding hydrogens is 289 g/mol. The number of rotatable bonds is 3. The Morgan fingerprint density at radius 1 is 1.05 bits per heavy atom. The van der Waals surface area contributed by atoms with Gasteiger partial charge in [-0.1, -0.05) is 42.5 Å². The van der Waals surface area contributed by atoms with E-state index in [4.69, 9.17) is 0 Å². The minimum atomic E-state index is -3.58. The summed E-state index contributed by atoms with van der Waals surface area (Å²) in [7, 11) is -3.58. The van der Waals surface area contributed by atoms with Crippen molar-refractivity contribution in [2.75, 3.05) is 10.8 Å². The van der Waals surface area contributed by atoms with Crippen molar-refractivity contribution in [3.05, 3.63) is 65.5 Å². The van der Waals surface area contributed by atoms with Gasteiger partial charge in [-0.3, -0.25) is 4.31 Å². The number of hydrogen-bond acceptors (Lipinski definition) is 2. The van der Waals surface area contributed by atoms with Crippen LogP contribution in [-0.2, 0) is 22.2 Å². The quantitative estimate of drug-likeness (QED) is 0.874. The van der Waals surface area contributed by atoms with Crippen LogP contribution in [-0.4, -0.2) is 15.0 Å². The normalized spacial score (nSPS) is 14.8. The molecule has 0 aliphatic carbocycles. The Bertz CT molecular complexity index is 744. The zero-order chi connectivity index (χ0) is 14.9. The lowest BCUT2D eigenvalue weighted by Crippen LogP contribution is -2.37. The molecule has 1 aliphatic heterocycles. The highest BCUT2D eigenvalue weighted by Crippen LogP contribution is 2.32. The number of fused-ring (bicyclic) bond motifs is 1. The molecule has 0 unspecified atom stereocenters. The molecule has 0 fully saturated rings. The molecule has 0 bridgehead atoms. The monoisotopic (exact) mass is 305 g/mol. The summed E-state index contributed by atoms with van der Waals surface area (Å²) in [6, 6.07) is 13.7. The van der Waals surface area contributed by atoms with E-state index in [0.29, 0.717) is 24.9 Å². The number of sulfonamides is 1. The van der Waals surface area contributed by atoms with Gasteiger partial charge in [-0.15, -0.1) is 0 Å². The molecule has 2 aromatic carbocycles. The van der Waals surface area contributed by atoms with Crippen LogP contribution < -0.4 is 4.31 Å². The molecular formula is C16H16FNO2S. The minimum Gasteiger partial charge on any atom is -0.267 e. The standard InChI is InChI=1S/C16H16FNO2S/c17-15-10-4-8-14-9-5-11-18(16(14)15)21(19,20)12-13-6-2-1-3-7-13/h1-4,6-8,10H,5,9,11-12H2. The van der Waals surface area contributed by atoms with E-state index >= 15 is 0 Å². The number of anilines is 1. The molecule has 0 saturated carbocycles. The van der Waals surface area contributed by atoms with Crippen LogP contribution in [0.15, 0.2) is 48.5 Å². The van der Waals surface area contributed by atoms with E-state index in [1.54, 1.807) is 36.4 Å². The summed E-state index contributed by atoms with van der Waals surface area (Å²) in [6.45, 7) is 0.336. The van der Waals surface area contributed by atoms with Crippen molar-refractivity contribution in [2.24, 2.45) is 0 Å². The van der Waals surface area contributed by atoms with Gasteiger partial charge in [0.2, 0.25) is 10.0 Å². The van der Waals surface area contributed by atoms with Crippen molar-refractivity contribution in [1.29, 1.82) is 0 Å². The fourth-order valence-corrected chi connectivity index (χ4v) is 4.37. The Morgan fingerprint density at radius 3 is 2.57 bits per heavy atom. The third kappa shape index (κ3) is 2.78. The van der Waals surface area contributed by atoms with Crippen molar-refractivity contribution in [3.8, 4) is 0 Å². The first kappa shape index (κ1) is 14.1. The molecule has 110 valence electrons. The van der Waals surface area contributed by atoms with Gasteiger partial charge in [0.25, 0.3) is 0 Å². The average Bonchev–Trinajstić information content (AvgIpc) is 2.47. The zero-order valence-electron chi connectivity index (χ0n) is 11.5. The first-order chi connectivity index (χ1) is 10.1. The third-order valence-corrected chi connectivity index (χ3v) is 5.39. The summed E-state index contributed by atoms with van der Waals surface area (Å²) in [5, 5.41) is 0. The van der Waals surface area contributed by atoms with E-state index in [1.807, 2.05) is 6.07 Å². The van der Waals surface area contributed by atoms with Crippen molar-refractivity contribution < 1.29 is 12.8 Å². The maximum atomic E-state index is 14.1. The maximum absolute atomic E-state index is 14.1. The minimum absolute atomic E-state index is 0.110. The molecule has 0 amide bonds. The van der Waals surface area contributed by atoms with Crippen molar-refractivity contribution in [3.63, 3.8) is 0 Å².